The van der Waals surface area contributed by atoms with Crippen molar-refractivity contribution in [2.45, 2.75) is 31.8 Å². The second-order valence-electron chi connectivity index (χ2n) is 7.16. The van der Waals surface area contributed by atoms with Crippen molar-refractivity contribution in [1.82, 2.24) is 0 Å². The molecule has 0 bridgehead atoms. The third-order valence-electron chi connectivity index (χ3n) is 4.55. The maximum atomic E-state index is 12.5. The van der Waals surface area contributed by atoms with E-state index in [2.05, 4.69) is 10.0 Å². The van der Waals surface area contributed by atoms with Gasteiger partial charge in [-0.15, -0.1) is 0 Å². The lowest BCUT2D eigenvalue weighted by atomic mass is 10.2. The van der Waals surface area contributed by atoms with Gasteiger partial charge in [0.25, 0.3) is 15.9 Å². The van der Waals surface area contributed by atoms with Gasteiger partial charge in [0.2, 0.25) is 0 Å². The van der Waals surface area contributed by atoms with Gasteiger partial charge in [-0.05, 0) is 80.9 Å². The zero-order valence-corrected chi connectivity index (χ0v) is 18.9. The largest absolute Gasteiger partial charge is 0.481 e. The molecule has 0 unspecified atom stereocenters. The minimum atomic E-state index is -3.69. The minimum Gasteiger partial charge on any atom is -0.481 e. The SMILES string of the molecule is Cc1ccc(S(=O)(=O)Nc2ccc(NC(=O)[C@@H](C)Oc3ccc(Cl)cc3C)cc2)cc1. The van der Waals surface area contributed by atoms with Crippen molar-refractivity contribution in [3.8, 4) is 5.75 Å². The van der Waals surface area contributed by atoms with Crippen LogP contribution in [0.2, 0.25) is 5.02 Å². The molecule has 162 valence electrons. The van der Waals surface area contributed by atoms with Crippen LogP contribution in [0.1, 0.15) is 18.1 Å². The lowest BCUT2D eigenvalue weighted by Gasteiger charge is -2.16. The van der Waals surface area contributed by atoms with E-state index in [-0.39, 0.29) is 10.8 Å². The Balaban J connectivity index is 1.62. The van der Waals surface area contributed by atoms with E-state index in [4.69, 9.17) is 16.3 Å². The standard InChI is InChI=1S/C23H23ClN2O4S/c1-15-4-11-21(12-5-15)31(28,29)26-20-9-7-19(8-10-20)25-23(27)17(3)30-22-13-6-18(24)14-16(22)2/h4-14,17,26H,1-3H3,(H,25,27)/t17-/m1/s1. The molecule has 0 aromatic heterocycles. The van der Waals surface area contributed by atoms with Crippen LogP contribution in [-0.2, 0) is 14.8 Å². The summed E-state index contributed by atoms with van der Waals surface area (Å²) >= 11 is 5.94. The predicted octanol–water partition coefficient (Wildman–Crippen LogP) is 5.16. The van der Waals surface area contributed by atoms with Crippen LogP contribution >= 0.6 is 11.6 Å². The van der Waals surface area contributed by atoms with E-state index in [1.807, 2.05) is 13.8 Å². The van der Waals surface area contributed by atoms with Crippen molar-refractivity contribution in [2.75, 3.05) is 10.0 Å². The van der Waals surface area contributed by atoms with Crippen LogP contribution in [-0.4, -0.2) is 20.4 Å². The van der Waals surface area contributed by atoms with Gasteiger partial charge in [0.15, 0.2) is 6.10 Å². The van der Waals surface area contributed by atoms with Crippen molar-refractivity contribution < 1.29 is 17.9 Å². The summed E-state index contributed by atoms with van der Waals surface area (Å²) in [5.74, 6) is 0.246. The van der Waals surface area contributed by atoms with E-state index >= 15 is 0 Å². The summed E-state index contributed by atoms with van der Waals surface area (Å²) in [4.78, 5) is 12.6. The molecular formula is C23H23ClN2O4S. The van der Waals surface area contributed by atoms with Gasteiger partial charge in [-0.3, -0.25) is 9.52 Å². The molecule has 8 heteroatoms. The summed E-state index contributed by atoms with van der Waals surface area (Å²) in [5, 5.41) is 3.35. The van der Waals surface area contributed by atoms with Crippen LogP contribution in [0, 0.1) is 13.8 Å². The molecule has 0 saturated carbocycles. The van der Waals surface area contributed by atoms with Crippen molar-refractivity contribution in [3.63, 3.8) is 0 Å². The van der Waals surface area contributed by atoms with Gasteiger partial charge in [-0.1, -0.05) is 29.3 Å². The number of benzene rings is 3. The number of aryl methyl sites for hydroxylation is 2. The van der Waals surface area contributed by atoms with Crippen LogP contribution in [0.5, 0.6) is 5.75 Å². The van der Waals surface area contributed by atoms with E-state index in [1.54, 1.807) is 73.7 Å². The molecule has 6 nitrogen and oxygen atoms in total. The number of sulfonamides is 1. The fraction of sp³-hybridized carbons (Fsp3) is 0.174. The highest BCUT2D eigenvalue weighted by molar-refractivity contribution is 7.92. The smallest absolute Gasteiger partial charge is 0.265 e. The average Bonchev–Trinajstić information content (AvgIpc) is 2.71. The molecule has 31 heavy (non-hydrogen) atoms. The minimum absolute atomic E-state index is 0.180. The van der Waals surface area contributed by atoms with Gasteiger partial charge in [-0.25, -0.2) is 8.42 Å². The quantitative estimate of drug-likeness (QED) is 0.512. The van der Waals surface area contributed by atoms with Crippen LogP contribution in [0.15, 0.2) is 71.6 Å². The highest BCUT2D eigenvalue weighted by atomic mass is 35.5. The Bertz CT molecular complexity index is 1180. The summed E-state index contributed by atoms with van der Waals surface area (Å²) in [6.45, 7) is 5.38. The number of ether oxygens (including phenoxy) is 1. The van der Waals surface area contributed by atoms with E-state index in [0.29, 0.717) is 22.1 Å². The van der Waals surface area contributed by atoms with E-state index in [0.717, 1.165) is 11.1 Å². The fourth-order valence-electron chi connectivity index (χ4n) is 2.79. The average molecular weight is 459 g/mol. The van der Waals surface area contributed by atoms with Gasteiger partial charge >= 0.3 is 0 Å². The van der Waals surface area contributed by atoms with E-state index in [9.17, 15) is 13.2 Å². The Kier molecular flexibility index (Phi) is 6.87. The predicted molar refractivity (Wildman–Crippen MR) is 123 cm³/mol. The molecule has 0 fully saturated rings. The number of anilines is 2. The lowest BCUT2D eigenvalue weighted by Crippen LogP contribution is -2.30. The lowest BCUT2D eigenvalue weighted by molar-refractivity contribution is -0.122. The molecule has 0 saturated heterocycles. The van der Waals surface area contributed by atoms with Gasteiger partial charge in [0, 0.05) is 16.4 Å². The molecule has 0 aliphatic carbocycles. The highest BCUT2D eigenvalue weighted by Gasteiger charge is 2.17. The number of nitrogens with one attached hydrogen (secondary N) is 2. The Morgan fingerprint density at radius 1 is 0.935 bits per heavy atom. The van der Waals surface area contributed by atoms with Gasteiger partial charge in [0.05, 0.1) is 4.90 Å². The first kappa shape index (κ1) is 22.7. The molecule has 2 N–H and O–H groups in total. The molecule has 0 heterocycles. The maximum Gasteiger partial charge on any atom is 0.265 e. The zero-order valence-electron chi connectivity index (χ0n) is 17.3. The number of hydrogen-bond donors (Lipinski definition) is 2. The van der Waals surface area contributed by atoms with Crippen molar-refractivity contribution in [2.24, 2.45) is 0 Å². The Hall–Kier alpha value is -3.03. The second-order valence-corrected chi connectivity index (χ2v) is 9.27. The molecular weight excluding hydrogens is 436 g/mol. The first-order valence-electron chi connectivity index (χ1n) is 9.57. The topological polar surface area (TPSA) is 84.5 Å². The third kappa shape index (κ3) is 5.99. The Morgan fingerprint density at radius 2 is 1.55 bits per heavy atom. The molecule has 3 aromatic rings. The first-order valence-corrected chi connectivity index (χ1v) is 11.4. The number of rotatable bonds is 7. The molecule has 0 spiro atoms. The molecule has 3 aromatic carbocycles. The highest BCUT2D eigenvalue weighted by Crippen LogP contribution is 2.23. The number of hydrogen-bond acceptors (Lipinski definition) is 4. The van der Waals surface area contributed by atoms with E-state index in [1.165, 1.54) is 0 Å². The Morgan fingerprint density at radius 3 is 2.16 bits per heavy atom. The normalized spacial score (nSPS) is 12.1. The van der Waals surface area contributed by atoms with Crippen LogP contribution < -0.4 is 14.8 Å². The van der Waals surface area contributed by atoms with Crippen LogP contribution in [0.25, 0.3) is 0 Å². The number of carbonyl (C=O) groups is 1. The Labute approximate surface area is 187 Å². The molecule has 1 amide bonds. The number of carbonyl (C=O) groups excluding carboxylic acids is 1. The molecule has 0 aliphatic rings. The van der Waals surface area contributed by atoms with Crippen molar-refractivity contribution in [1.29, 1.82) is 0 Å². The maximum absolute atomic E-state index is 12.5. The first-order chi connectivity index (χ1) is 14.6. The summed E-state index contributed by atoms with van der Waals surface area (Å²) in [7, 11) is -3.69. The summed E-state index contributed by atoms with van der Waals surface area (Å²) in [5.41, 5.74) is 2.71. The number of amides is 1. The molecule has 3 rings (SSSR count). The fourth-order valence-corrected chi connectivity index (χ4v) is 4.07. The van der Waals surface area contributed by atoms with E-state index < -0.39 is 16.1 Å². The monoisotopic (exact) mass is 458 g/mol. The third-order valence-corrected chi connectivity index (χ3v) is 6.18. The molecule has 1 atom stereocenters. The zero-order chi connectivity index (χ0) is 22.6. The van der Waals surface area contributed by atoms with Crippen molar-refractivity contribution >= 4 is 38.9 Å². The van der Waals surface area contributed by atoms with Gasteiger partial charge in [-0.2, -0.15) is 0 Å². The van der Waals surface area contributed by atoms with Gasteiger partial charge in [0.1, 0.15) is 5.75 Å². The van der Waals surface area contributed by atoms with Crippen molar-refractivity contribution in [3.05, 3.63) is 82.9 Å². The molecule has 0 radical (unpaired) electrons. The van der Waals surface area contributed by atoms with Crippen LogP contribution in [0.4, 0.5) is 11.4 Å². The summed E-state index contributed by atoms with van der Waals surface area (Å²) in [6.07, 6.45) is -0.736. The second kappa shape index (κ2) is 9.41. The summed E-state index contributed by atoms with van der Waals surface area (Å²) in [6, 6.07) is 18.2. The van der Waals surface area contributed by atoms with Crippen LogP contribution in [0.3, 0.4) is 0 Å². The summed E-state index contributed by atoms with van der Waals surface area (Å²) < 4.78 is 33.2. The van der Waals surface area contributed by atoms with Gasteiger partial charge < -0.3 is 10.1 Å². The molecule has 0 aliphatic heterocycles. The number of halogens is 1.